The van der Waals surface area contributed by atoms with Crippen molar-refractivity contribution in [3.8, 4) is 62.1 Å². The Morgan fingerprint density at radius 1 is 0.261 bits per heavy atom. The molecule has 0 saturated carbocycles. The van der Waals surface area contributed by atoms with Crippen LogP contribution in [0.3, 0.4) is 0 Å². The molecule has 322 valence electrons. The smallest absolute Gasteiger partial charge is 0.138 e. The lowest BCUT2D eigenvalue weighted by Crippen LogP contribution is -2.00. The van der Waals surface area contributed by atoms with Crippen molar-refractivity contribution in [2.24, 2.45) is 0 Å². The zero-order valence-electron chi connectivity index (χ0n) is 37.3. The molecule has 69 heavy (non-hydrogen) atoms. The van der Waals surface area contributed by atoms with Gasteiger partial charge in [0, 0.05) is 49.9 Å². The van der Waals surface area contributed by atoms with Crippen LogP contribution in [0.15, 0.2) is 243 Å². The molecule has 6 heteroatoms. The molecule has 0 aliphatic carbocycles. The molecule has 0 bridgehead atoms. The molecule has 0 radical (unpaired) electrons. The summed E-state index contributed by atoms with van der Waals surface area (Å²) in [6.45, 7) is 0. The van der Waals surface area contributed by atoms with Crippen molar-refractivity contribution < 1.29 is 0 Å². The molecule has 8 aromatic carbocycles. The molecule has 0 unspecified atom stereocenters. The highest BCUT2D eigenvalue weighted by atomic mass is 15.1. The first kappa shape index (κ1) is 38.8. The van der Waals surface area contributed by atoms with Crippen molar-refractivity contribution in [2.45, 2.75) is 0 Å². The molecule has 0 fully saturated rings. The van der Waals surface area contributed by atoms with Gasteiger partial charge < -0.3 is 4.57 Å². The summed E-state index contributed by atoms with van der Waals surface area (Å²) in [5.74, 6) is 1.75. The number of hydrogen-bond donors (Lipinski definition) is 0. The maximum Gasteiger partial charge on any atom is 0.138 e. The second-order valence-corrected chi connectivity index (χ2v) is 17.7. The van der Waals surface area contributed by atoms with Gasteiger partial charge in [0.1, 0.15) is 11.6 Å². The van der Waals surface area contributed by atoms with Crippen LogP contribution in [0.4, 0.5) is 0 Å². The number of para-hydroxylation sites is 3. The lowest BCUT2D eigenvalue weighted by atomic mass is 10.0. The first-order chi connectivity index (χ1) is 34.2. The summed E-state index contributed by atoms with van der Waals surface area (Å²) in [7, 11) is 0. The van der Waals surface area contributed by atoms with E-state index in [0.29, 0.717) is 0 Å². The first-order valence-electron chi connectivity index (χ1n) is 23.3. The molecule has 0 amide bonds. The van der Waals surface area contributed by atoms with Gasteiger partial charge in [0.15, 0.2) is 0 Å². The molecular formula is C63H40N6. The SMILES string of the molecule is c1ccc(-c2cc(-c3ccccc3)nc(-n3c4ccccc4c4cc(-c5ccc6c(c5)c5ccccc5n6-c5cccc(-c6ccc7c(c6)c6ncccc6n7-c6ccccc6)n5)ccc43)c2)cc1. The average molecular weight is 881 g/mol. The van der Waals surface area contributed by atoms with Gasteiger partial charge in [-0.1, -0.05) is 140 Å². The van der Waals surface area contributed by atoms with Crippen LogP contribution in [-0.2, 0) is 0 Å². The maximum absolute atomic E-state index is 5.38. The largest absolute Gasteiger partial charge is 0.308 e. The first-order valence-corrected chi connectivity index (χ1v) is 23.3. The van der Waals surface area contributed by atoms with Crippen molar-refractivity contribution in [1.29, 1.82) is 0 Å². The standard InChI is InChI=1S/C63H40N6/c1-4-16-41(17-5-1)46-39-54(42-18-6-2-7-19-42)66-62(40-46)69-56-26-13-11-23-49(56)51-37-44(30-33-58(51)69)43-29-32-57-50(36-43)48-22-10-12-25-55(48)68(57)61-28-14-24-53(65-61)45-31-34-59-52(38-45)63-60(27-15-35-64-63)67(59)47-20-8-3-9-21-47/h1-40H. The topological polar surface area (TPSA) is 53.5 Å². The Labute approximate surface area is 397 Å². The van der Waals surface area contributed by atoms with E-state index in [-0.39, 0.29) is 0 Å². The van der Waals surface area contributed by atoms with Gasteiger partial charge in [-0.25, -0.2) is 9.97 Å². The van der Waals surface area contributed by atoms with Gasteiger partial charge in [-0.15, -0.1) is 0 Å². The summed E-state index contributed by atoms with van der Waals surface area (Å²) in [6, 6.07) is 84.1. The summed E-state index contributed by atoms with van der Waals surface area (Å²) >= 11 is 0. The van der Waals surface area contributed by atoms with Crippen LogP contribution in [0.1, 0.15) is 0 Å². The number of fused-ring (bicyclic) bond motifs is 9. The maximum atomic E-state index is 5.38. The lowest BCUT2D eigenvalue weighted by molar-refractivity contribution is 1.08. The monoisotopic (exact) mass is 880 g/mol. The number of rotatable bonds is 7. The second-order valence-electron chi connectivity index (χ2n) is 17.7. The minimum absolute atomic E-state index is 0.867. The van der Waals surface area contributed by atoms with Crippen LogP contribution < -0.4 is 0 Å². The normalized spacial score (nSPS) is 11.8. The minimum atomic E-state index is 0.867. The van der Waals surface area contributed by atoms with Crippen molar-refractivity contribution in [3.63, 3.8) is 0 Å². The second kappa shape index (κ2) is 15.6. The Balaban J connectivity index is 0.881. The van der Waals surface area contributed by atoms with E-state index in [1.165, 1.54) is 21.5 Å². The minimum Gasteiger partial charge on any atom is -0.308 e. The lowest BCUT2D eigenvalue weighted by Gasteiger charge is -2.13. The van der Waals surface area contributed by atoms with Crippen molar-refractivity contribution in [2.75, 3.05) is 0 Å². The molecule has 0 atom stereocenters. The zero-order valence-corrected chi connectivity index (χ0v) is 37.3. The van der Waals surface area contributed by atoms with Gasteiger partial charge in [-0.2, -0.15) is 0 Å². The Morgan fingerprint density at radius 2 is 0.783 bits per heavy atom. The van der Waals surface area contributed by atoms with Crippen LogP contribution >= 0.6 is 0 Å². The molecule has 0 spiro atoms. The third-order valence-corrected chi connectivity index (χ3v) is 13.7. The predicted molar refractivity (Wildman–Crippen MR) is 285 cm³/mol. The van der Waals surface area contributed by atoms with Gasteiger partial charge in [-0.05, 0) is 119 Å². The average Bonchev–Trinajstić information content (AvgIpc) is 4.06. The van der Waals surface area contributed by atoms with E-state index in [4.69, 9.17) is 15.0 Å². The Kier molecular flexibility index (Phi) is 8.79. The van der Waals surface area contributed by atoms with Crippen molar-refractivity contribution in [1.82, 2.24) is 28.7 Å². The van der Waals surface area contributed by atoms with Gasteiger partial charge in [0.25, 0.3) is 0 Å². The van der Waals surface area contributed by atoms with Gasteiger partial charge in [0.2, 0.25) is 0 Å². The van der Waals surface area contributed by atoms with Crippen LogP contribution in [0.2, 0.25) is 0 Å². The predicted octanol–water partition coefficient (Wildman–Crippen LogP) is 15.8. The van der Waals surface area contributed by atoms with E-state index in [2.05, 4.69) is 244 Å². The van der Waals surface area contributed by atoms with E-state index in [0.717, 1.165) is 106 Å². The fraction of sp³-hybridized carbons (Fsp3) is 0. The van der Waals surface area contributed by atoms with Crippen LogP contribution in [-0.4, -0.2) is 28.7 Å². The summed E-state index contributed by atoms with van der Waals surface area (Å²) in [5.41, 5.74) is 17.2. The highest BCUT2D eigenvalue weighted by Gasteiger charge is 2.20. The molecular weight excluding hydrogens is 841 g/mol. The number of nitrogens with zero attached hydrogens (tertiary/aromatic N) is 6. The fourth-order valence-electron chi connectivity index (χ4n) is 10.5. The summed E-state index contributed by atoms with van der Waals surface area (Å²) in [6.07, 6.45) is 1.87. The van der Waals surface area contributed by atoms with Crippen LogP contribution in [0.25, 0.3) is 128 Å². The van der Waals surface area contributed by atoms with Crippen LogP contribution in [0, 0.1) is 0 Å². The molecule has 0 aliphatic heterocycles. The van der Waals surface area contributed by atoms with Gasteiger partial charge >= 0.3 is 0 Å². The quantitative estimate of drug-likeness (QED) is 0.160. The summed E-state index contributed by atoms with van der Waals surface area (Å²) in [5, 5.41) is 5.81. The van der Waals surface area contributed by atoms with Gasteiger partial charge in [0.05, 0.1) is 50.0 Å². The summed E-state index contributed by atoms with van der Waals surface area (Å²) in [4.78, 5) is 15.6. The van der Waals surface area contributed by atoms with E-state index in [1.54, 1.807) is 0 Å². The van der Waals surface area contributed by atoms with Crippen molar-refractivity contribution >= 4 is 65.5 Å². The molecule has 14 rings (SSSR count). The molecule has 6 aromatic heterocycles. The third kappa shape index (κ3) is 6.30. The molecule has 6 nitrogen and oxygen atoms in total. The Bertz CT molecular complexity index is 4240. The number of pyridine rings is 3. The summed E-state index contributed by atoms with van der Waals surface area (Å²) < 4.78 is 6.92. The fourth-order valence-corrected chi connectivity index (χ4v) is 10.5. The highest BCUT2D eigenvalue weighted by molar-refractivity contribution is 6.13. The van der Waals surface area contributed by atoms with E-state index >= 15 is 0 Å². The molecule has 0 N–H and O–H groups in total. The number of aromatic nitrogens is 6. The number of hydrogen-bond acceptors (Lipinski definition) is 3. The van der Waals surface area contributed by atoms with E-state index in [1.807, 2.05) is 12.3 Å². The Hall–Kier alpha value is -9.39. The van der Waals surface area contributed by atoms with Crippen LogP contribution in [0.5, 0.6) is 0 Å². The van der Waals surface area contributed by atoms with E-state index in [9.17, 15) is 0 Å². The van der Waals surface area contributed by atoms with E-state index < -0.39 is 0 Å². The molecule has 14 aromatic rings. The molecule has 0 aliphatic rings. The van der Waals surface area contributed by atoms with Crippen molar-refractivity contribution in [3.05, 3.63) is 243 Å². The zero-order chi connectivity index (χ0) is 45.4. The Morgan fingerprint density at radius 3 is 1.46 bits per heavy atom. The number of benzene rings is 8. The van der Waals surface area contributed by atoms with Gasteiger partial charge in [-0.3, -0.25) is 14.1 Å². The third-order valence-electron chi connectivity index (χ3n) is 13.7. The molecule has 6 heterocycles. The molecule has 0 saturated heterocycles. The highest BCUT2D eigenvalue weighted by Crippen LogP contribution is 2.40.